The molecule has 0 radical (unpaired) electrons. The third kappa shape index (κ3) is 2.86. The Bertz CT molecular complexity index is 696. The number of carbonyl (C=O) groups excluding carboxylic acids is 2. The summed E-state index contributed by atoms with van der Waals surface area (Å²) in [4.78, 5) is 24.1. The Balaban J connectivity index is 2.22. The standard InChI is InChI=1S/C14H19N5O2/c1-8(2)19-10(4)12(9(3)17-19)16-14(21)13(20)11-6-15-18(5)7-11/h6-8H,1-5H3,(H,16,21). The first kappa shape index (κ1) is 15.0. The van der Waals surface area contributed by atoms with Crippen molar-refractivity contribution in [2.75, 3.05) is 5.32 Å². The molecule has 1 N–H and O–H groups in total. The molecule has 7 heteroatoms. The molecule has 0 saturated heterocycles. The average molecular weight is 289 g/mol. The van der Waals surface area contributed by atoms with E-state index in [0.717, 1.165) is 5.69 Å². The minimum absolute atomic E-state index is 0.184. The SMILES string of the molecule is Cc1nn(C(C)C)c(C)c1NC(=O)C(=O)c1cnn(C)c1. The summed E-state index contributed by atoms with van der Waals surface area (Å²) in [7, 11) is 1.69. The van der Waals surface area contributed by atoms with E-state index in [0.29, 0.717) is 11.4 Å². The summed E-state index contributed by atoms with van der Waals surface area (Å²) >= 11 is 0. The van der Waals surface area contributed by atoms with Gasteiger partial charge in [0.2, 0.25) is 0 Å². The zero-order valence-corrected chi connectivity index (χ0v) is 12.8. The number of rotatable bonds is 4. The Morgan fingerprint density at radius 1 is 1.29 bits per heavy atom. The molecular weight excluding hydrogens is 270 g/mol. The van der Waals surface area contributed by atoms with E-state index >= 15 is 0 Å². The van der Waals surface area contributed by atoms with Gasteiger partial charge in [-0.3, -0.25) is 19.0 Å². The molecule has 2 aromatic rings. The predicted octanol–water partition coefficient (Wildman–Crippen LogP) is 1.64. The van der Waals surface area contributed by atoms with Gasteiger partial charge < -0.3 is 5.32 Å². The molecule has 112 valence electrons. The highest BCUT2D eigenvalue weighted by molar-refractivity contribution is 6.46. The third-order valence-electron chi connectivity index (χ3n) is 3.23. The maximum Gasteiger partial charge on any atom is 0.296 e. The van der Waals surface area contributed by atoms with Crippen molar-refractivity contribution in [3.63, 3.8) is 0 Å². The van der Waals surface area contributed by atoms with Gasteiger partial charge in [-0.25, -0.2) is 0 Å². The van der Waals surface area contributed by atoms with Crippen LogP contribution < -0.4 is 5.32 Å². The summed E-state index contributed by atoms with van der Waals surface area (Å²) in [5, 5.41) is 10.9. The highest BCUT2D eigenvalue weighted by Gasteiger charge is 2.21. The minimum atomic E-state index is -0.683. The largest absolute Gasteiger partial charge is 0.316 e. The minimum Gasteiger partial charge on any atom is -0.316 e. The molecule has 7 nitrogen and oxygen atoms in total. The number of nitrogens with zero attached hydrogens (tertiary/aromatic N) is 4. The molecule has 0 unspecified atom stereocenters. The summed E-state index contributed by atoms with van der Waals surface area (Å²) in [6, 6.07) is 0.184. The van der Waals surface area contributed by atoms with E-state index in [1.165, 1.54) is 17.1 Å². The first-order valence-electron chi connectivity index (χ1n) is 6.71. The van der Waals surface area contributed by atoms with Gasteiger partial charge in [-0.15, -0.1) is 0 Å². The van der Waals surface area contributed by atoms with Gasteiger partial charge in [-0.1, -0.05) is 0 Å². The molecule has 0 aliphatic carbocycles. The van der Waals surface area contributed by atoms with Crippen molar-refractivity contribution in [1.82, 2.24) is 19.6 Å². The van der Waals surface area contributed by atoms with E-state index < -0.39 is 11.7 Å². The van der Waals surface area contributed by atoms with E-state index in [9.17, 15) is 9.59 Å². The van der Waals surface area contributed by atoms with Crippen LogP contribution in [0.2, 0.25) is 0 Å². The van der Waals surface area contributed by atoms with Crippen LogP contribution in [0.1, 0.15) is 41.6 Å². The number of ketones is 1. The second kappa shape index (κ2) is 5.51. The Morgan fingerprint density at radius 3 is 2.43 bits per heavy atom. The van der Waals surface area contributed by atoms with E-state index in [1.54, 1.807) is 14.0 Å². The van der Waals surface area contributed by atoms with Crippen LogP contribution in [-0.4, -0.2) is 31.3 Å². The zero-order chi connectivity index (χ0) is 15.7. The lowest BCUT2D eigenvalue weighted by atomic mass is 10.2. The molecule has 0 atom stereocenters. The summed E-state index contributed by atoms with van der Waals surface area (Å²) in [5.74, 6) is -1.29. The second-order valence-corrected chi connectivity index (χ2v) is 5.27. The van der Waals surface area contributed by atoms with Crippen LogP contribution in [0, 0.1) is 13.8 Å². The summed E-state index contributed by atoms with van der Waals surface area (Å²) in [5.41, 5.74) is 2.37. The molecule has 2 aromatic heterocycles. The molecule has 0 aromatic carbocycles. The smallest absolute Gasteiger partial charge is 0.296 e. The van der Waals surface area contributed by atoms with Gasteiger partial charge in [-0.05, 0) is 27.7 Å². The summed E-state index contributed by atoms with van der Waals surface area (Å²) < 4.78 is 3.30. The molecule has 0 saturated carbocycles. The van der Waals surface area contributed by atoms with Crippen molar-refractivity contribution in [1.29, 1.82) is 0 Å². The Labute approximate surface area is 122 Å². The van der Waals surface area contributed by atoms with Crippen LogP contribution in [0.15, 0.2) is 12.4 Å². The number of Topliss-reactive ketones (excluding diaryl/α,β-unsaturated/α-hetero) is 1. The second-order valence-electron chi connectivity index (χ2n) is 5.27. The van der Waals surface area contributed by atoms with Crippen molar-refractivity contribution in [2.24, 2.45) is 7.05 Å². The number of anilines is 1. The van der Waals surface area contributed by atoms with Crippen molar-refractivity contribution in [3.8, 4) is 0 Å². The Kier molecular flexibility index (Phi) is 3.93. The fourth-order valence-electron chi connectivity index (χ4n) is 2.19. The molecule has 2 rings (SSSR count). The van der Waals surface area contributed by atoms with Gasteiger partial charge in [0.1, 0.15) is 0 Å². The monoisotopic (exact) mass is 289 g/mol. The first-order valence-corrected chi connectivity index (χ1v) is 6.71. The number of aromatic nitrogens is 4. The van der Waals surface area contributed by atoms with Gasteiger partial charge >= 0.3 is 0 Å². The Morgan fingerprint density at radius 2 is 1.95 bits per heavy atom. The molecule has 0 bridgehead atoms. The average Bonchev–Trinajstić information content (AvgIpc) is 2.96. The highest BCUT2D eigenvalue weighted by Crippen LogP contribution is 2.22. The number of aryl methyl sites for hydroxylation is 2. The predicted molar refractivity (Wildman–Crippen MR) is 78.3 cm³/mol. The first-order chi connectivity index (χ1) is 9.81. The van der Waals surface area contributed by atoms with Crippen molar-refractivity contribution >= 4 is 17.4 Å². The quantitative estimate of drug-likeness (QED) is 0.685. The van der Waals surface area contributed by atoms with Gasteiger partial charge in [-0.2, -0.15) is 10.2 Å². The number of nitrogens with one attached hydrogen (secondary N) is 1. The zero-order valence-electron chi connectivity index (χ0n) is 12.8. The van der Waals surface area contributed by atoms with E-state index in [-0.39, 0.29) is 11.6 Å². The van der Waals surface area contributed by atoms with E-state index in [4.69, 9.17) is 0 Å². The van der Waals surface area contributed by atoms with E-state index in [1.807, 2.05) is 25.5 Å². The van der Waals surface area contributed by atoms with E-state index in [2.05, 4.69) is 15.5 Å². The number of hydrogen-bond donors (Lipinski definition) is 1. The fourth-order valence-corrected chi connectivity index (χ4v) is 2.19. The van der Waals surface area contributed by atoms with Crippen LogP contribution in [0.25, 0.3) is 0 Å². The number of carbonyl (C=O) groups is 2. The maximum absolute atomic E-state index is 12.1. The molecule has 0 aliphatic heterocycles. The normalized spacial score (nSPS) is 11.0. The topological polar surface area (TPSA) is 81.8 Å². The molecule has 0 fully saturated rings. The lowest BCUT2D eigenvalue weighted by Crippen LogP contribution is -2.23. The lowest BCUT2D eigenvalue weighted by Gasteiger charge is -2.08. The third-order valence-corrected chi connectivity index (χ3v) is 3.23. The van der Waals surface area contributed by atoms with Crippen molar-refractivity contribution < 1.29 is 9.59 Å². The molecule has 0 spiro atoms. The Hall–Kier alpha value is -2.44. The van der Waals surface area contributed by atoms with Crippen molar-refractivity contribution in [3.05, 3.63) is 29.3 Å². The van der Waals surface area contributed by atoms with Gasteiger partial charge in [0.15, 0.2) is 0 Å². The van der Waals surface area contributed by atoms with Crippen LogP contribution >= 0.6 is 0 Å². The molecule has 1 amide bonds. The van der Waals surface area contributed by atoms with Gasteiger partial charge in [0, 0.05) is 19.3 Å². The summed E-state index contributed by atoms with van der Waals surface area (Å²) in [6.45, 7) is 7.68. The van der Waals surface area contributed by atoms with Gasteiger partial charge in [0.05, 0.1) is 28.8 Å². The van der Waals surface area contributed by atoms with Crippen LogP contribution in [-0.2, 0) is 11.8 Å². The molecule has 0 aliphatic rings. The lowest BCUT2D eigenvalue weighted by molar-refractivity contribution is -0.112. The van der Waals surface area contributed by atoms with Crippen LogP contribution in [0.3, 0.4) is 0 Å². The number of amides is 1. The van der Waals surface area contributed by atoms with Crippen LogP contribution in [0.5, 0.6) is 0 Å². The van der Waals surface area contributed by atoms with Crippen molar-refractivity contribution in [2.45, 2.75) is 33.7 Å². The molecule has 21 heavy (non-hydrogen) atoms. The number of hydrogen-bond acceptors (Lipinski definition) is 4. The molecular formula is C14H19N5O2. The maximum atomic E-state index is 12.1. The fraction of sp³-hybridized carbons (Fsp3) is 0.429. The van der Waals surface area contributed by atoms with Gasteiger partial charge in [0.25, 0.3) is 11.7 Å². The summed E-state index contributed by atoms with van der Waals surface area (Å²) in [6.07, 6.45) is 2.89. The molecule has 2 heterocycles. The van der Waals surface area contributed by atoms with Crippen LogP contribution in [0.4, 0.5) is 5.69 Å². The highest BCUT2D eigenvalue weighted by atomic mass is 16.2.